The molecule has 0 spiro atoms. The van der Waals surface area contributed by atoms with Crippen LogP contribution in [0.4, 0.5) is 13.2 Å². The molecule has 2 aromatic carbocycles. The number of alkyl halides is 3. The fraction of sp³-hybridized carbons (Fsp3) is 0.158. The molecule has 0 aliphatic rings. The van der Waals surface area contributed by atoms with Crippen LogP contribution in [0.15, 0.2) is 54.6 Å². The van der Waals surface area contributed by atoms with Crippen molar-refractivity contribution in [1.82, 2.24) is 15.1 Å². The molecule has 0 fully saturated rings. The van der Waals surface area contributed by atoms with Gasteiger partial charge < -0.3 is 5.32 Å². The van der Waals surface area contributed by atoms with E-state index in [2.05, 4.69) is 10.4 Å². The van der Waals surface area contributed by atoms with Crippen molar-refractivity contribution in [3.05, 3.63) is 81.6 Å². The van der Waals surface area contributed by atoms with Crippen molar-refractivity contribution >= 4 is 29.1 Å². The Bertz CT molecular complexity index is 1000. The molecule has 0 saturated heterocycles. The van der Waals surface area contributed by atoms with E-state index in [-0.39, 0.29) is 24.6 Å². The Hall–Kier alpha value is -2.51. The van der Waals surface area contributed by atoms with Crippen LogP contribution in [0.1, 0.15) is 17.0 Å². The van der Waals surface area contributed by atoms with E-state index in [0.29, 0.717) is 21.3 Å². The lowest BCUT2D eigenvalue weighted by Crippen LogP contribution is -2.25. The number of carbonyl (C=O) groups excluding carboxylic acids is 1. The summed E-state index contributed by atoms with van der Waals surface area (Å²) in [5.74, 6) is -0.375. The molecule has 1 heterocycles. The first-order chi connectivity index (χ1) is 13.2. The molecular formula is C19H14Cl2F3N3O. The van der Waals surface area contributed by atoms with E-state index < -0.39 is 11.9 Å². The van der Waals surface area contributed by atoms with Gasteiger partial charge in [-0.05, 0) is 35.9 Å². The summed E-state index contributed by atoms with van der Waals surface area (Å²) in [4.78, 5) is 12.2. The molecule has 1 amide bonds. The van der Waals surface area contributed by atoms with Crippen LogP contribution in [0.2, 0.25) is 10.0 Å². The maximum Gasteiger partial charge on any atom is 0.435 e. The molecule has 0 bridgehead atoms. The highest BCUT2D eigenvalue weighted by Gasteiger charge is 2.35. The molecule has 1 N–H and O–H groups in total. The van der Waals surface area contributed by atoms with E-state index in [0.717, 1.165) is 10.7 Å². The van der Waals surface area contributed by atoms with Gasteiger partial charge in [-0.3, -0.25) is 4.79 Å². The maximum atomic E-state index is 13.1. The molecule has 0 saturated carbocycles. The lowest BCUT2D eigenvalue weighted by Gasteiger charge is -2.10. The maximum absolute atomic E-state index is 13.1. The van der Waals surface area contributed by atoms with Crippen LogP contribution in [-0.2, 0) is 23.9 Å². The minimum absolute atomic E-state index is 0.0110. The van der Waals surface area contributed by atoms with Crippen molar-refractivity contribution in [3.8, 4) is 5.69 Å². The molecule has 28 heavy (non-hydrogen) atoms. The summed E-state index contributed by atoms with van der Waals surface area (Å²) in [6, 6.07) is 14.0. The second-order valence-corrected chi connectivity index (χ2v) is 6.80. The largest absolute Gasteiger partial charge is 0.435 e. The SMILES string of the molecule is O=C(Cc1ccccc1Cl)NCc1cc(C(F)(F)F)nn1-c1cccc(Cl)c1. The van der Waals surface area contributed by atoms with Crippen LogP contribution in [0.5, 0.6) is 0 Å². The topological polar surface area (TPSA) is 46.9 Å². The molecule has 4 nitrogen and oxygen atoms in total. The molecule has 9 heteroatoms. The zero-order valence-corrected chi connectivity index (χ0v) is 15.8. The van der Waals surface area contributed by atoms with Crippen LogP contribution < -0.4 is 5.32 Å². The first kappa shape index (κ1) is 20.2. The second-order valence-electron chi connectivity index (χ2n) is 5.96. The van der Waals surface area contributed by atoms with Gasteiger partial charge in [0.2, 0.25) is 5.91 Å². The van der Waals surface area contributed by atoms with Crippen LogP contribution in [-0.4, -0.2) is 15.7 Å². The highest BCUT2D eigenvalue weighted by molar-refractivity contribution is 6.31. The minimum atomic E-state index is -4.61. The summed E-state index contributed by atoms with van der Waals surface area (Å²) in [7, 11) is 0. The molecular weight excluding hydrogens is 414 g/mol. The molecule has 1 aromatic heterocycles. The normalized spacial score (nSPS) is 11.5. The summed E-state index contributed by atoms with van der Waals surface area (Å²) < 4.78 is 40.4. The zero-order valence-electron chi connectivity index (χ0n) is 14.3. The van der Waals surface area contributed by atoms with Gasteiger partial charge in [-0.25, -0.2) is 4.68 Å². The number of nitrogens with zero attached hydrogens (tertiary/aromatic N) is 2. The Morgan fingerprint density at radius 2 is 1.82 bits per heavy atom. The third-order valence-corrected chi connectivity index (χ3v) is 4.51. The van der Waals surface area contributed by atoms with Gasteiger partial charge >= 0.3 is 6.18 Å². The van der Waals surface area contributed by atoms with Gasteiger partial charge in [0.1, 0.15) is 0 Å². The number of aromatic nitrogens is 2. The fourth-order valence-electron chi connectivity index (χ4n) is 2.58. The summed E-state index contributed by atoms with van der Waals surface area (Å²) in [6.45, 7) is -0.140. The van der Waals surface area contributed by atoms with Gasteiger partial charge in [-0.15, -0.1) is 0 Å². The summed E-state index contributed by atoms with van der Waals surface area (Å²) in [5, 5.41) is 7.04. The molecule has 3 aromatic rings. The number of benzene rings is 2. The number of rotatable bonds is 5. The van der Waals surface area contributed by atoms with E-state index >= 15 is 0 Å². The molecule has 0 aliphatic heterocycles. The van der Waals surface area contributed by atoms with E-state index in [1.165, 1.54) is 6.07 Å². The Kier molecular flexibility index (Phi) is 5.96. The van der Waals surface area contributed by atoms with Crippen molar-refractivity contribution in [2.75, 3.05) is 0 Å². The highest BCUT2D eigenvalue weighted by Crippen LogP contribution is 2.30. The van der Waals surface area contributed by atoms with Gasteiger partial charge in [0.25, 0.3) is 0 Å². The summed E-state index contributed by atoms with van der Waals surface area (Å²) in [6.07, 6.45) is -4.60. The van der Waals surface area contributed by atoms with Crippen molar-refractivity contribution in [1.29, 1.82) is 0 Å². The van der Waals surface area contributed by atoms with Crippen molar-refractivity contribution in [2.24, 2.45) is 0 Å². The number of nitrogens with one attached hydrogen (secondary N) is 1. The Morgan fingerprint density at radius 1 is 1.07 bits per heavy atom. The average Bonchev–Trinajstić information content (AvgIpc) is 3.07. The van der Waals surface area contributed by atoms with E-state index in [1.54, 1.807) is 42.5 Å². The van der Waals surface area contributed by atoms with E-state index in [1.807, 2.05) is 0 Å². The summed E-state index contributed by atoms with van der Waals surface area (Å²) in [5.41, 5.74) is 0.101. The van der Waals surface area contributed by atoms with Crippen LogP contribution in [0.3, 0.4) is 0 Å². The number of amides is 1. The van der Waals surface area contributed by atoms with E-state index in [9.17, 15) is 18.0 Å². The lowest BCUT2D eigenvalue weighted by molar-refractivity contribution is -0.141. The first-order valence-electron chi connectivity index (χ1n) is 8.16. The molecule has 0 radical (unpaired) electrons. The smallest absolute Gasteiger partial charge is 0.350 e. The lowest BCUT2D eigenvalue weighted by atomic mass is 10.1. The third kappa shape index (κ3) is 4.85. The van der Waals surface area contributed by atoms with E-state index in [4.69, 9.17) is 23.2 Å². The molecule has 3 rings (SSSR count). The number of hydrogen-bond donors (Lipinski definition) is 1. The van der Waals surface area contributed by atoms with Gasteiger partial charge in [-0.2, -0.15) is 18.3 Å². The van der Waals surface area contributed by atoms with Gasteiger partial charge in [-0.1, -0.05) is 47.5 Å². The second kappa shape index (κ2) is 8.24. The minimum Gasteiger partial charge on any atom is -0.350 e. The Balaban J connectivity index is 1.81. The number of carbonyl (C=O) groups is 1. The van der Waals surface area contributed by atoms with Crippen LogP contribution in [0, 0.1) is 0 Å². The summed E-state index contributed by atoms with van der Waals surface area (Å²) >= 11 is 12.0. The Labute approximate surface area is 168 Å². The van der Waals surface area contributed by atoms with Crippen LogP contribution in [0.25, 0.3) is 5.69 Å². The van der Waals surface area contributed by atoms with Crippen molar-refractivity contribution < 1.29 is 18.0 Å². The molecule has 146 valence electrons. The average molecular weight is 428 g/mol. The van der Waals surface area contributed by atoms with Crippen LogP contribution >= 0.6 is 23.2 Å². The van der Waals surface area contributed by atoms with Crippen molar-refractivity contribution in [2.45, 2.75) is 19.1 Å². The molecule has 0 unspecified atom stereocenters. The predicted octanol–water partition coefficient (Wildman–Crippen LogP) is 5.06. The predicted molar refractivity (Wildman–Crippen MR) is 101 cm³/mol. The monoisotopic (exact) mass is 427 g/mol. The number of hydrogen-bond acceptors (Lipinski definition) is 2. The molecule has 0 aliphatic carbocycles. The standard InChI is InChI=1S/C19H14Cl2F3N3O/c20-13-5-3-6-14(9-13)27-15(10-17(26-27)19(22,23)24)11-25-18(28)8-12-4-1-2-7-16(12)21/h1-7,9-10H,8,11H2,(H,25,28). The van der Waals surface area contributed by atoms with Crippen molar-refractivity contribution in [3.63, 3.8) is 0 Å². The van der Waals surface area contributed by atoms with Gasteiger partial charge in [0.05, 0.1) is 24.3 Å². The fourth-order valence-corrected chi connectivity index (χ4v) is 2.97. The van der Waals surface area contributed by atoms with Gasteiger partial charge in [0.15, 0.2) is 5.69 Å². The quantitative estimate of drug-likeness (QED) is 0.618. The zero-order chi connectivity index (χ0) is 20.3. The third-order valence-electron chi connectivity index (χ3n) is 3.90. The Morgan fingerprint density at radius 3 is 2.50 bits per heavy atom. The molecule has 0 atom stereocenters. The van der Waals surface area contributed by atoms with Gasteiger partial charge in [0, 0.05) is 10.0 Å². The highest BCUT2D eigenvalue weighted by atomic mass is 35.5. The first-order valence-corrected chi connectivity index (χ1v) is 8.92. The number of halogens is 5.